The van der Waals surface area contributed by atoms with Gasteiger partial charge in [-0.15, -0.1) is 0 Å². The molecule has 3 rings (SSSR count). The van der Waals surface area contributed by atoms with Crippen LogP contribution in [0.4, 0.5) is 0 Å². The average Bonchev–Trinajstić information content (AvgIpc) is 2.98. The molecule has 24 heavy (non-hydrogen) atoms. The fraction of sp³-hybridized carbons (Fsp3) is 0.0588. The van der Waals surface area contributed by atoms with Crippen LogP contribution in [0.5, 0.6) is 0 Å². The van der Waals surface area contributed by atoms with E-state index < -0.39 is 5.97 Å². The SMILES string of the molecule is Cc1nc(-c2ccc(Sc3ccccn3)c(C#N)c2)[se]c1C(=O)O. The van der Waals surface area contributed by atoms with Crippen molar-refractivity contribution in [3.8, 4) is 16.2 Å². The van der Waals surface area contributed by atoms with Gasteiger partial charge in [0.25, 0.3) is 0 Å². The Morgan fingerprint density at radius 2 is 2.17 bits per heavy atom. The Morgan fingerprint density at radius 1 is 1.33 bits per heavy atom. The van der Waals surface area contributed by atoms with Crippen LogP contribution in [0.3, 0.4) is 0 Å². The number of carboxylic acid groups (broad SMARTS) is 1. The molecule has 0 saturated carbocycles. The molecule has 7 heteroatoms. The van der Waals surface area contributed by atoms with Gasteiger partial charge in [0.1, 0.15) is 0 Å². The summed E-state index contributed by atoms with van der Waals surface area (Å²) in [6.07, 6.45) is 1.71. The Hall–Kier alpha value is -2.39. The summed E-state index contributed by atoms with van der Waals surface area (Å²) in [4.78, 5) is 20.6. The van der Waals surface area contributed by atoms with E-state index in [1.54, 1.807) is 19.2 Å². The fourth-order valence-corrected chi connectivity index (χ4v) is 4.81. The molecule has 0 spiro atoms. The molecule has 0 atom stereocenters. The molecule has 0 unspecified atom stereocenters. The van der Waals surface area contributed by atoms with Gasteiger partial charge < -0.3 is 0 Å². The molecule has 2 aromatic heterocycles. The number of nitrogens with zero attached hydrogens (tertiary/aromatic N) is 3. The van der Waals surface area contributed by atoms with Crippen molar-refractivity contribution in [3.63, 3.8) is 0 Å². The Kier molecular flexibility index (Phi) is 4.81. The molecule has 0 amide bonds. The average molecular weight is 400 g/mol. The number of aromatic nitrogens is 2. The number of carboxylic acids is 1. The Bertz CT molecular complexity index is 948. The maximum atomic E-state index is 11.2. The van der Waals surface area contributed by atoms with Crippen molar-refractivity contribution in [2.75, 3.05) is 0 Å². The number of pyridine rings is 1. The van der Waals surface area contributed by atoms with E-state index in [0.717, 1.165) is 20.1 Å². The van der Waals surface area contributed by atoms with Crippen molar-refractivity contribution in [1.29, 1.82) is 5.26 Å². The minimum atomic E-state index is -0.922. The van der Waals surface area contributed by atoms with Gasteiger partial charge in [0, 0.05) is 0 Å². The third-order valence-electron chi connectivity index (χ3n) is 3.19. The summed E-state index contributed by atoms with van der Waals surface area (Å²) >= 11 is 1.07. The molecular weight excluding hydrogens is 389 g/mol. The van der Waals surface area contributed by atoms with Crippen LogP contribution in [0.2, 0.25) is 0 Å². The number of nitriles is 1. The minimum absolute atomic E-state index is 0.349. The molecule has 2 heterocycles. The molecular formula is C17H11N3O2SSe. The second kappa shape index (κ2) is 7.02. The topological polar surface area (TPSA) is 86.9 Å². The number of hydrogen-bond acceptors (Lipinski definition) is 5. The van der Waals surface area contributed by atoms with Crippen molar-refractivity contribution in [1.82, 2.24) is 9.97 Å². The van der Waals surface area contributed by atoms with Gasteiger partial charge in [-0.3, -0.25) is 0 Å². The van der Waals surface area contributed by atoms with E-state index in [-0.39, 0.29) is 14.5 Å². The predicted molar refractivity (Wildman–Crippen MR) is 91.4 cm³/mol. The molecule has 0 bridgehead atoms. The summed E-state index contributed by atoms with van der Waals surface area (Å²) < 4.78 is 1.10. The summed E-state index contributed by atoms with van der Waals surface area (Å²) in [5, 5.41) is 19.4. The molecule has 0 radical (unpaired) electrons. The molecule has 3 aromatic rings. The van der Waals surface area contributed by atoms with Crippen LogP contribution >= 0.6 is 11.8 Å². The monoisotopic (exact) mass is 401 g/mol. The van der Waals surface area contributed by atoms with E-state index in [4.69, 9.17) is 0 Å². The van der Waals surface area contributed by atoms with Crippen molar-refractivity contribution in [2.45, 2.75) is 16.8 Å². The van der Waals surface area contributed by atoms with E-state index in [0.29, 0.717) is 15.7 Å². The second-order valence-electron chi connectivity index (χ2n) is 4.83. The molecule has 0 aliphatic rings. The summed E-state index contributed by atoms with van der Waals surface area (Å²) in [6, 6.07) is 13.3. The van der Waals surface area contributed by atoms with Crippen molar-refractivity contribution in [3.05, 3.63) is 58.3 Å². The molecule has 118 valence electrons. The molecule has 0 saturated heterocycles. The standard InChI is InChI=1S/C17H11N3O2SSe/c1-10-15(17(21)22)24-16(20-10)11-5-6-13(12(8-11)9-18)23-14-4-2-3-7-19-14/h2-8H,1H3,(H,21,22). The van der Waals surface area contributed by atoms with Crippen LogP contribution in [-0.2, 0) is 0 Å². The van der Waals surface area contributed by atoms with E-state index in [9.17, 15) is 15.2 Å². The summed E-state index contributed by atoms with van der Waals surface area (Å²) in [5.41, 5.74) is 1.87. The van der Waals surface area contributed by atoms with Gasteiger partial charge in [-0.05, 0) is 0 Å². The van der Waals surface area contributed by atoms with E-state index in [1.807, 2.05) is 30.3 Å². The Balaban J connectivity index is 1.96. The van der Waals surface area contributed by atoms with Gasteiger partial charge in [-0.1, -0.05) is 0 Å². The van der Waals surface area contributed by atoms with E-state index in [1.165, 1.54) is 11.8 Å². The zero-order valence-electron chi connectivity index (χ0n) is 12.6. The van der Waals surface area contributed by atoms with Crippen LogP contribution in [-0.4, -0.2) is 35.5 Å². The molecule has 0 aliphatic heterocycles. The number of hydrogen-bond donors (Lipinski definition) is 1. The fourth-order valence-electron chi connectivity index (χ4n) is 2.08. The van der Waals surface area contributed by atoms with Crippen LogP contribution in [0.25, 0.3) is 10.1 Å². The molecule has 1 aromatic carbocycles. The first-order valence-electron chi connectivity index (χ1n) is 6.92. The normalized spacial score (nSPS) is 10.3. The molecule has 1 N–H and O–H groups in total. The number of carbonyl (C=O) groups is 1. The summed E-state index contributed by atoms with van der Waals surface area (Å²) in [6.45, 7) is 1.70. The van der Waals surface area contributed by atoms with Crippen LogP contribution < -0.4 is 0 Å². The Morgan fingerprint density at radius 3 is 2.79 bits per heavy atom. The first-order valence-corrected chi connectivity index (χ1v) is 9.45. The molecule has 5 nitrogen and oxygen atoms in total. The van der Waals surface area contributed by atoms with Gasteiger partial charge in [-0.2, -0.15) is 0 Å². The molecule has 0 aliphatic carbocycles. The van der Waals surface area contributed by atoms with Crippen molar-refractivity contribution >= 4 is 32.2 Å². The maximum absolute atomic E-state index is 11.2. The van der Waals surface area contributed by atoms with Crippen LogP contribution in [0.15, 0.2) is 52.5 Å². The third-order valence-corrected chi connectivity index (χ3v) is 6.72. The van der Waals surface area contributed by atoms with Gasteiger partial charge in [-0.25, -0.2) is 0 Å². The first kappa shape index (κ1) is 16.5. The number of aromatic carboxylic acids is 1. The number of rotatable bonds is 4. The number of benzene rings is 1. The predicted octanol–water partition coefficient (Wildman–Crippen LogP) is 3.23. The Labute approximate surface area is 148 Å². The van der Waals surface area contributed by atoms with Crippen LogP contribution in [0, 0.1) is 18.3 Å². The quantitative estimate of drug-likeness (QED) is 0.677. The van der Waals surface area contributed by atoms with Gasteiger partial charge in [0.2, 0.25) is 0 Å². The van der Waals surface area contributed by atoms with Crippen LogP contribution in [0.1, 0.15) is 20.5 Å². The van der Waals surface area contributed by atoms with Gasteiger partial charge in [0.15, 0.2) is 0 Å². The van der Waals surface area contributed by atoms with Gasteiger partial charge in [0.05, 0.1) is 0 Å². The second-order valence-corrected chi connectivity index (χ2v) is 7.99. The van der Waals surface area contributed by atoms with Crippen molar-refractivity contribution < 1.29 is 9.90 Å². The van der Waals surface area contributed by atoms with E-state index >= 15 is 0 Å². The third kappa shape index (κ3) is 3.41. The zero-order chi connectivity index (χ0) is 17.1. The number of aryl methyl sites for hydroxylation is 1. The summed E-state index contributed by atoms with van der Waals surface area (Å²) in [5.74, 6) is -0.922. The molecule has 0 fully saturated rings. The van der Waals surface area contributed by atoms with E-state index in [2.05, 4.69) is 16.0 Å². The van der Waals surface area contributed by atoms with Crippen molar-refractivity contribution in [2.24, 2.45) is 0 Å². The van der Waals surface area contributed by atoms with Gasteiger partial charge >= 0.3 is 149 Å². The zero-order valence-corrected chi connectivity index (χ0v) is 15.1. The first-order chi connectivity index (χ1) is 11.6. The summed E-state index contributed by atoms with van der Waals surface area (Å²) in [7, 11) is 0.